The first-order chi connectivity index (χ1) is 17.2. The van der Waals surface area contributed by atoms with Crippen molar-refractivity contribution in [1.82, 2.24) is 19.5 Å². The second kappa shape index (κ2) is 7.67. The minimum Gasteiger partial charge on any atom is -0.382 e. The Bertz CT molecular complexity index is 1500. The predicted octanol–water partition coefficient (Wildman–Crippen LogP) is 5.22. The van der Waals surface area contributed by atoms with Crippen LogP contribution >= 0.6 is 0 Å². The van der Waals surface area contributed by atoms with E-state index in [2.05, 4.69) is 20.8 Å². The van der Waals surface area contributed by atoms with Gasteiger partial charge in [-0.1, -0.05) is 11.2 Å². The number of imidazole rings is 1. The third-order valence-corrected chi connectivity index (χ3v) is 6.56. The van der Waals surface area contributed by atoms with E-state index in [1.807, 2.05) is 4.40 Å². The van der Waals surface area contributed by atoms with Gasteiger partial charge < -0.3 is 15.6 Å². The van der Waals surface area contributed by atoms with Gasteiger partial charge in [0.05, 0.1) is 5.69 Å². The Kier molecular flexibility index (Phi) is 4.75. The summed E-state index contributed by atoms with van der Waals surface area (Å²) >= 11 is 0. The normalized spacial score (nSPS) is 16.8. The van der Waals surface area contributed by atoms with Crippen molar-refractivity contribution in [3.05, 3.63) is 54.1 Å². The van der Waals surface area contributed by atoms with Crippen LogP contribution in [-0.2, 0) is 5.41 Å². The highest BCUT2D eigenvalue weighted by atomic mass is 19.4. The van der Waals surface area contributed by atoms with Gasteiger partial charge in [-0.15, -0.1) is 0 Å². The van der Waals surface area contributed by atoms with E-state index in [1.54, 1.807) is 18.5 Å². The van der Waals surface area contributed by atoms with Crippen molar-refractivity contribution in [2.24, 2.45) is 0 Å². The molecule has 0 saturated heterocycles. The number of anilines is 3. The minimum atomic E-state index is -4.47. The summed E-state index contributed by atoms with van der Waals surface area (Å²) in [6.45, 7) is 0. The molecule has 13 heteroatoms. The number of aromatic nitrogens is 4. The molecule has 3 aromatic heterocycles. The Labute approximate surface area is 200 Å². The summed E-state index contributed by atoms with van der Waals surface area (Å²) in [5, 5.41) is 8.07. The summed E-state index contributed by atoms with van der Waals surface area (Å²) in [4.78, 5) is 21.1. The van der Waals surface area contributed by atoms with Crippen molar-refractivity contribution >= 4 is 28.9 Å². The number of urea groups is 1. The molecule has 2 aliphatic rings. The molecule has 2 fully saturated rings. The molecule has 0 bridgehead atoms. The van der Waals surface area contributed by atoms with Gasteiger partial charge in [0.1, 0.15) is 34.1 Å². The lowest BCUT2D eigenvalue weighted by Gasteiger charge is -2.14. The third kappa shape index (κ3) is 3.62. The van der Waals surface area contributed by atoms with Crippen molar-refractivity contribution < 1.29 is 26.9 Å². The molecule has 0 atom stereocenters. The first-order valence-corrected chi connectivity index (χ1v) is 11.2. The van der Waals surface area contributed by atoms with Gasteiger partial charge in [0.2, 0.25) is 0 Å². The number of hydrogen-bond acceptors (Lipinski definition) is 6. The van der Waals surface area contributed by atoms with Crippen LogP contribution in [0.15, 0.2) is 41.2 Å². The molecule has 2 saturated carbocycles. The Morgan fingerprint density at radius 3 is 2.64 bits per heavy atom. The highest BCUT2D eigenvalue weighted by molar-refractivity contribution is 5.99. The quantitative estimate of drug-likeness (QED) is 0.322. The van der Waals surface area contributed by atoms with Gasteiger partial charge in [0, 0.05) is 29.9 Å². The molecule has 0 spiro atoms. The number of nitrogens with two attached hydrogens (primary N) is 1. The molecule has 3 heterocycles. The van der Waals surface area contributed by atoms with Crippen molar-refractivity contribution in [2.45, 2.75) is 43.2 Å². The van der Waals surface area contributed by atoms with Gasteiger partial charge in [0.15, 0.2) is 11.6 Å². The molecule has 186 valence electrons. The van der Waals surface area contributed by atoms with E-state index in [0.29, 0.717) is 22.7 Å². The van der Waals surface area contributed by atoms with Gasteiger partial charge >= 0.3 is 12.2 Å². The summed E-state index contributed by atoms with van der Waals surface area (Å²) in [5.41, 5.74) is 5.38. The van der Waals surface area contributed by atoms with Crippen molar-refractivity contribution in [1.29, 1.82) is 0 Å². The van der Waals surface area contributed by atoms with Gasteiger partial charge in [-0.3, -0.25) is 9.72 Å². The number of carbonyl (C=O) groups excluding carboxylic acids is 1. The molecular weight excluding hydrogens is 482 g/mol. The molecule has 6 rings (SSSR count). The maximum atomic E-state index is 14.9. The predicted molar refractivity (Wildman–Crippen MR) is 121 cm³/mol. The number of nitrogen functional groups attached to an aromatic ring is 1. The lowest BCUT2D eigenvalue weighted by molar-refractivity contribution is -0.165. The molecule has 9 nitrogen and oxygen atoms in total. The number of halogens is 4. The van der Waals surface area contributed by atoms with Crippen LogP contribution in [0.1, 0.15) is 43.2 Å². The second-order valence-electron chi connectivity index (χ2n) is 9.05. The van der Waals surface area contributed by atoms with Crippen LogP contribution in [0.2, 0.25) is 0 Å². The number of fused-ring (bicyclic) bond motifs is 1. The van der Waals surface area contributed by atoms with E-state index < -0.39 is 23.4 Å². The number of nitrogens with one attached hydrogen (secondary N) is 2. The zero-order valence-electron chi connectivity index (χ0n) is 18.6. The average Bonchev–Trinajstić information content (AvgIpc) is 3.74. The monoisotopic (exact) mass is 501 g/mol. The number of carbonyl (C=O) groups is 1. The van der Waals surface area contributed by atoms with Gasteiger partial charge in [-0.2, -0.15) is 13.2 Å². The van der Waals surface area contributed by atoms with E-state index in [-0.39, 0.29) is 35.9 Å². The number of alkyl halides is 3. The SMILES string of the molecule is Nc1nccn2c(C3CC3)nc(-c3ccc(NC(=O)Nc4cc(C5(C(F)(F)F)CC5)on4)c(F)c3)c12. The smallest absolute Gasteiger partial charge is 0.382 e. The lowest BCUT2D eigenvalue weighted by Crippen LogP contribution is -2.28. The Morgan fingerprint density at radius 2 is 1.97 bits per heavy atom. The topological polar surface area (TPSA) is 123 Å². The highest BCUT2D eigenvalue weighted by Gasteiger charge is 2.66. The Balaban J connectivity index is 1.21. The number of benzene rings is 1. The first-order valence-electron chi connectivity index (χ1n) is 11.2. The number of nitrogens with zero attached hydrogens (tertiary/aromatic N) is 4. The molecule has 36 heavy (non-hydrogen) atoms. The lowest BCUT2D eigenvalue weighted by atomic mass is 10.0. The Hall–Kier alpha value is -4.16. The van der Waals surface area contributed by atoms with E-state index in [9.17, 15) is 22.4 Å². The van der Waals surface area contributed by atoms with Gasteiger partial charge in [0.25, 0.3) is 0 Å². The van der Waals surface area contributed by atoms with Crippen molar-refractivity contribution in [3.63, 3.8) is 0 Å². The fourth-order valence-corrected chi connectivity index (χ4v) is 4.31. The largest absolute Gasteiger partial charge is 0.401 e. The number of amides is 2. The van der Waals surface area contributed by atoms with E-state index in [0.717, 1.165) is 24.7 Å². The molecule has 0 radical (unpaired) electrons. The molecule has 0 aliphatic heterocycles. The standard InChI is InChI=1S/C23H19F4N7O2/c24-13-9-12(17-18-19(28)29-7-8-34(18)20(32-17)11-1-2-11)3-4-14(13)30-21(35)31-16-10-15(36-33-16)22(5-6-22)23(25,26)27/h3-4,7-11H,1-2,5-6H2,(H2,28,29)(H2,30,31,33,35). The third-order valence-electron chi connectivity index (χ3n) is 6.56. The average molecular weight is 501 g/mol. The van der Waals surface area contributed by atoms with Gasteiger partial charge in [-0.05, 0) is 37.8 Å². The van der Waals surface area contributed by atoms with Crippen molar-refractivity contribution in [2.75, 3.05) is 16.4 Å². The fourth-order valence-electron chi connectivity index (χ4n) is 4.31. The molecule has 4 aromatic rings. The number of rotatable bonds is 5. The summed E-state index contributed by atoms with van der Waals surface area (Å²) < 4.78 is 61.4. The summed E-state index contributed by atoms with van der Waals surface area (Å²) in [6, 6.07) is 4.29. The van der Waals surface area contributed by atoms with Crippen LogP contribution in [0, 0.1) is 5.82 Å². The van der Waals surface area contributed by atoms with E-state index >= 15 is 0 Å². The van der Waals surface area contributed by atoms with E-state index in [1.165, 1.54) is 12.1 Å². The number of hydrogen-bond donors (Lipinski definition) is 3. The fraction of sp³-hybridized carbons (Fsp3) is 0.304. The molecular formula is C23H19F4N7O2. The van der Waals surface area contributed by atoms with Crippen molar-refractivity contribution in [3.8, 4) is 11.3 Å². The summed E-state index contributed by atoms with van der Waals surface area (Å²) in [6.07, 6.45) is 0.681. The zero-order chi connectivity index (χ0) is 25.2. The first kappa shape index (κ1) is 22.3. The Morgan fingerprint density at radius 1 is 1.19 bits per heavy atom. The second-order valence-corrected chi connectivity index (χ2v) is 9.05. The van der Waals surface area contributed by atoms with Crippen LogP contribution in [0.3, 0.4) is 0 Å². The highest BCUT2D eigenvalue weighted by Crippen LogP contribution is 2.59. The molecule has 1 aromatic carbocycles. The summed E-state index contributed by atoms with van der Waals surface area (Å²) in [7, 11) is 0. The molecule has 2 aliphatic carbocycles. The minimum absolute atomic E-state index is 0.106. The summed E-state index contributed by atoms with van der Waals surface area (Å²) in [5.74, 6) is 0.0862. The van der Waals surface area contributed by atoms with Crippen LogP contribution in [0.5, 0.6) is 0 Å². The maximum Gasteiger partial charge on any atom is 0.401 e. The molecule has 2 amide bonds. The molecule has 0 unspecified atom stereocenters. The van der Waals surface area contributed by atoms with E-state index in [4.69, 9.17) is 15.2 Å². The molecule has 4 N–H and O–H groups in total. The van der Waals surface area contributed by atoms with Crippen LogP contribution in [0.4, 0.5) is 39.7 Å². The maximum absolute atomic E-state index is 14.9. The van der Waals surface area contributed by atoms with Crippen LogP contribution in [0.25, 0.3) is 16.8 Å². The van der Waals surface area contributed by atoms with Gasteiger partial charge in [-0.25, -0.2) is 19.2 Å². The van der Waals surface area contributed by atoms with Crippen LogP contribution in [-0.4, -0.2) is 31.7 Å². The van der Waals surface area contributed by atoms with Crippen LogP contribution < -0.4 is 16.4 Å². The zero-order valence-corrected chi connectivity index (χ0v) is 18.6.